The largest absolute Gasteiger partial charge is 0.486 e. The number of carbonyl (C=O) groups excluding carboxylic acids is 2. The second kappa shape index (κ2) is 11.0. The molecule has 1 aromatic heterocycles. The summed E-state index contributed by atoms with van der Waals surface area (Å²) in [5, 5.41) is 2.61. The molecule has 0 atom stereocenters. The highest BCUT2D eigenvalue weighted by molar-refractivity contribution is 8.18. The number of ether oxygens (including phenoxy) is 1. The van der Waals surface area contributed by atoms with Gasteiger partial charge in [0.2, 0.25) is 11.2 Å². The van der Waals surface area contributed by atoms with Crippen LogP contribution >= 0.6 is 23.4 Å². The van der Waals surface area contributed by atoms with Crippen molar-refractivity contribution in [2.75, 3.05) is 6.61 Å². The van der Waals surface area contributed by atoms with Crippen molar-refractivity contribution >= 4 is 51.1 Å². The zero-order valence-electron chi connectivity index (χ0n) is 20.5. The minimum Gasteiger partial charge on any atom is -0.486 e. The normalized spacial score (nSPS) is 14.6. The van der Waals surface area contributed by atoms with Crippen molar-refractivity contribution < 1.29 is 27.5 Å². The zero-order valence-corrected chi connectivity index (χ0v) is 22.1. The lowest BCUT2D eigenvalue weighted by Crippen LogP contribution is -2.18. The molecule has 0 spiro atoms. The van der Waals surface area contributed by atoms with Crippen LogP contribution in [0.2, 0.25) is 5.02 Å². The fourth-order valence-electron chi connectivity index (χ4n) is 4.20. The highest BCUT2D eigenvalue weighted by Gasteiger charge is 2.27. The fraction of sp³-hybridized carbons (Fsp3) is 0.138. The third kappa shape index (κ3) is 5.46. The fourth-order valence-corrected chi connectivity index (χ4v) is 5.21. The molecule has 10 heteroatoms. The first-order valence-electron chi connectivity index (χ1n) is 11.9. The van der Waals surface area contributed by atoms with Gasteiger partial charge < -0.3 is 9.15 Å². The molecule has 0 bridgehead atoms. The van der Waals surface area contributed by atoms with Crippen molar-refractivity contribution in [2.45, 2.75) is 19.8 Å². The summed E-state index contributed by atoms with van der Waals surface area (Å²) >= 11 is 7.35. The molecule has 4 aromatic rings. The van der Waals surface area contributed by atoms with E-state index in [2.05, 4.69) is 5.32 Å². The Kier molecular flexibility index (Phi) is 7.54. The molecule has 3 aromatic carbocycles. The Hall–Kier alpha value is -3.95. The van der Waals surface area contributed by atoms with Crippen molar-refractivity contribution in [3.63, 3.8) is 0 Å². The van der Waals surface area contributed by atoms with E-state index in [4.69, 9.17) is 20.8 Å². The molecule has 0 aliphatic carbocycles. The summed E-state index contributed by atoms with van der Waals surface area (Å²) in [6, 6.07) is 15.2. The minimum atomic E-state index is -1.07. The van der Waals surface area contributed by atoms with E-state index in [0.29, 0.717) is 39.3 Å². The topological polar surface area (TPSA) is 85.6 Å². The van der Waals surface area contributed by atoms with Crippen molar-refractivity contribution in [2.24, 2.45) is 0 Å². The summed E-state index contributed by atoms with van der Waals surface area (Å²) in [5.41, 5.74) is 2.24. The number of rotatable bonds is 7. The summed E-state index contributed by atoms with van der Waals surface area (Å²) in [6.45, 7) is 1.87. The van der Waals surface area contributed by atoms with Crippen molar-refractivity contribution in [1.82, 2.24) is 5.32 Å². The lowest BCUT2D eigenvalue weighted by Gasteiger charge is -2.13. The van der Waals surface area contributed by atoms with Gasteiger partial charge in [-0.2, -0.15) is 0 Å². The molecule has 1 fully saturated rings. The van der Waals surface area contributed by atoms with Crippen LogP contribution in [0.5, 0.6) is 5.75 Å². The van der Waals surface area contributed by atoms with E-state index in [1.165, 1.54) is 6.07 Å². The van der Waals surface area contributed by atoms with Crippen LogP contribution in [0, 0.1) is 11.6 Å². The predicted molar refractivity (Wildman–Crippen MR) is 147 cm³/mol. The first-order chi connectivity index (χ1) is 18.7. The highest BCUT2D eigenvalue weighted by atomic mass is 35.5. The quantitative estimate of drug-likeness (QED) is 0.189. The van der Waals surface area contributed by atoms with Crippen molar-refractivity contribution in [3.8, 4) is 17.1 Å². The van der Waals surface area contributed by atoms with E-state index < -0.39 is 28.2 Å². The van der Waals surface area contributed by atoms with Crippen LogP contribution in [0.3, 0.4) is 0 Å². The maximum atomic E-state index is 14.0. The molecule has 1 aliphatic rings. The van der Waals surface area contributed by atoms with Gasteiger partial charge in [-0.25, -0.2) is 8.78 Å². The van der Waals surface area contributed by atoms with E-state index in [1.54, 1.807) is 37.3 Å². The highest BCUT2D eigenvalue weighted by Crippen LogP contribution is 2.34. The van der Waals surface area contributed by atoms with Crippen LogP contribution in [0.1, 0.15) is 24.5 Å². The number of benzene rings is 3. The second-order valence-corrected chi connectivity index (χ2v) is 10.2. The van der Waals surface area contributed by atoms with Crippen LogP contribution in [-0.2, 0) is 11.2 Å². The van der Waals surface area contributed by atoms with E-state index in [9.17, 15) is 23.2 Å². The number of para-hydroxylation sites is 1. The maximum Gasteiger partial charge on any atom is 0.290 e. The predicted octanol–water partition coefficient (Wildman–Crippen LogP) is 7.12. The number of hydrogen-bond donors (Lipinski definition) is 1. The molecule has 198 valence electrons. The number of fused-ring (bicyclic) bond motifs is 1. The Morgan fingerprint density at radius 1 is 1.03 bits per heavy atom. The third-order valence-corrected chi connectivity index (χ3v) is 7.55. The van der Waals surface area contributed by atoms with Gasteiger partial charge in [0.05, 0.1) is 16.9 Å². The van der Waals surface area contributed by atoms with Crippen molar-refractivity contribution in [3.05, 3.63) is 104 Å². The minimum absolute atomic E-state index is 0.01000. The molecular weight excluding hydrogens is 548 g/mol. The summed E-state index contributed by atoms with van der Waals surface area (Å²) in [7, 11) is 0. The average molecular weight is 568 g/mol. The number of hydrogen-bond acceptors (Lipinski definition) is 6. The number of carbonyl (C=O) groups is 2. The molecular formula is C29H20ClF2NO5S. The van der Waals surface area contributed by atoms with Gasteiger partial charge in [-0.05, 0) is 84.6 Å². The number of nitrogens with one attached hydrogen (secondary N) is 1. The number of imide groups is 1. The monoisotopic (exact) mass is 567 g/mol. The maximum absolute atomic E-state index is 14.0. The second-order valence-electron chi connectivity index (χ2n) is 8.77. The first kappa shape index (κ1) is 26.6. The molecule has 1 aliphatic heterocycles. The van der Waals surface area contributed by atoms with Gasteiger partial charge in [-0.3, -0.25) is 19.7 Å². The number of aryl methyl sites for hydroxylation is 1. The van der Waals surface area contributed by atoms with Crippen LogP contribution in [0.4, 0.5) is 13.6 Å². The van der Waals surface area contributed by atoms with Gasteiger partial charge in [-0.15, -0.1) is 0 Å². The Morgan fingerprint density at radius 3 is 2.54 bits per heavy atom. The van der Waals surface area contributed by atoms with Crippen LogP contribution in [-0.4, -0.2) is 17.8 Å². The molecule has 2 amide bonds. The third-order valence-electron chi connectivity index (χ3n) is 6.22. The van der Waals surface area contributed by atoms with Crippen molar-refractivity contribution in [1.29, 1.82) is 0 Å². The molecule has 0 unspecified atom stereocenters. The molecule has 6 nitrogen and oxygen atoms in total. The number of halogens is 3. The molecule has 0 radical (unpaired) electrons. The first-order valence-corrected chi connectivity index (χ1v) is 13.1. The number of amides is 2. The summed E-state index contributed by atoms with van der Waals surface area (Å²) in [6.07, 6.45) is 0.997. The lowest BCUT2D eigenvalue weighted by atomic mass is 10.0. The van der Waals surface area contributed by atoms with E-state index in [0.717, 1.165) is 35.0 Å². The standard InChI is InChI=1S/C29H20ClF2NO5S/c1-15(27-28(35)33-29(36)39-27)17-9-8-16(20(30)13-17)5-4-12-37-26-24(34)19-6-2-3-7-23(19)38-25(26)18-10-11-21(31)22(32)14-18/h2-3,6-11,13-14H,4-5,12H2,1H3,(H,33,35,36)/b27-15-. The van der Waals surface area contributed by atoms with Crippen LogP contribution in [0.25, 0.3) is 27.9 Å². The molecule has 1 saturated heterocycles. The van der Waals surface area contributed by atoms with E-state index in [-0.39, 0.29) is 23.7 Å². The van der Waals surface area contributed by atoms with E-state index in [1.807, 2.05) is 12.1 Å². The SMILES string of the molecule is C/C(=C1/SC(=O)NC1=O)c1ccc(CCCOc2c(-c3ccc(F)c(F)c3)oc3ccccc3c2=O)c(Cl)c1. The van der Waals surface area contributed by atoms with Gasteiger partial charge >= 0.3 is 0 Å². The lowest BCUT2D eigenvalue weighted by molar-refractivity contribution is -0.115. The molecule has 2 heterocycles. The summed E-state index contributed by atoms with van der Waals surface area (Å²) in [5.74, 6) is -2.60. The van der Waals surface area contributed by atoms with Gasteiger partial charge in [0, 0.05) is 10.6 Å². The smallest absolute Gasteiger partial charge is 0.290 e. The molecule has 5 rings (SSSR count). The zero-order chi connectivity index (χ0) is 27.7. The number of thioether (sulfide) groups is 1. The molecule has 1 N–H and O–H groups in total. The van der Waals surface area contributed by atoms with Gasteiger partial charge in [-0.1, -0.05) is 35.9 Å². The van der Waals surface area contributed by atoms with Gasteiger partial charge in [0.25, 0.3) is 11.1 Å². The van der Waals surface area contributed by atoms with Gasteiger partial charge in [0.1, 0.15) is 5.58 Å². The van der Waals surface area contributed by atoms with Crippen LogP contribution < -0.4 is 15.5 Å². The number of allylic oxidation sites excluding steroid dienone is 1. The van der Waals surface area contributed by atoms with E-state index >= 15 is 0 Å². The van der Waals surface area contributed by atoms with Crippen LogP contribution in [0.15, 0.2) is 74.8 Å². The van der Waals surface area contributed by atoms with Gasteiger partial charge in [0.15, 0.2) is 17.4 Å². The molecule has 39 heavy (non-hydrogen) atoms. The Labute approximate surface area is 230 Å². The average Bonchev–Trinajstić information content (AvgIpc) is 3.26. The summed E-state index contributed by atoms with van der Waals surface area (Å²) in [4.78, 5) is 37.0. The Bertz CT molecular complexity index is 1730. The summed E-state index contributed by atoms with van der Waals surface area (Å²) < 4.78 is 39.2. The Morgan fingerprint density at radius 2 is 1.82 bits per heavy atom. The Balaban J connectivity index is 1.34. The molecule has 0 saturated carbocycles.